The van der Waals surface area contributed by atoms with Gasteiger partial charge in [0.1, 0.15) is 12.4 Å². The smallest absolute Gasteiger partial charge is 0.416 e. The third kappa shape index (κ3) is 4.63. The molecule has 2 aromatic carbocycles. The van der Waals surface area contributed by atoms with Gasteiger partial charge in [0.25, 0.3) is 0 Å². The molecule has 1 aromatic heterocycles. The van der Waals surface area contributed by atoms with Crippen LogP contribution in [0, 0.1) is 11.8 Å². The number of ether oxygens (including phenoxy) is 1. The topological polar surface area (TPSA) is 51.5 Å². The number of nitrogens with zero attached hydrogens (tertiary/aromatic N) is 1. The number of fused-ring (bicyclic) bond motifs is 1. The zero-order valence-corrected chi connectivity index (χ0v) is 19.2. The Kier molecular flexibility index (Phi) is 6.00. The molecule has 1 heterocycles. The van der Waals surface area contributed by atoms with Gasteiger partial charge in [0.05, 0.1) is 22.0 Å². The van der Waals surface area contributed by atoms with E-state index in [1.807, 2.05) is 16.8 Å². The lowest BCUT2D eigenvalue weighted by atomic mass is 9.91. The molecule has 1 N–H and O–H groups in total. The van der Waals surface area contributed by atoms with Crippen molar-refractivity contribution in [1.29, 1.82) is 0 Å². The van der Waals surface area contributed by atoms with Gasteiger partial charge in [0.15, 0.2) is 0 Å². The van der Waals surface area contributed by atoms with Crippen molar-refractivity contribution >= 4 is 28.5 Å². The first-order valence-electron chi connectivity index (χ1n) is 11.5. The van der Waals surface area contributed by atoms with Crippen molar-refractivity contribution in [2.75, 3.05) is 0 Å². The molecule has 0 saturated heterocycles. The summed E-state index contributed by atoms with van der Waals surface area (Å²) in [6, 6.07) is 9.86. The summed E-state index contributed by atoms with van der Waals surface area (Å²) in [4.78, 5) is 11.1. The van der Waals surface area contributed by atoms with E-state index >= 15 is 0 Å². The fraction of sp³-hybridized carbons (Fsp3) is 0.423. The predicted octanol–water partition coefficient (Wildman–Crippen LogP) is 7.27. The molecule has 34 heavy (non-hydrogen) atoms. The van der Waals surface area contributed by atoms with Crippen LogP contribution in [-0.4, -0.2) is 15.6 Å². The van der Waals surface area contributed by atoms with Crippen LogP contribution >= 0.6 is 11.6 Å². The molecular weight excluding hydrogens is 467 g/mol. The monoisotopic (exact) mass is 491 g/mol. The molecule has 0 unspecified atom stereocenters. The summed E-state index contributed by atoms with van der Waals surface area (Å²) in [6.45, 7) is 0.576. The van der Waals surface area contributed by atoms with Crippen molar-refractivity contribution in [3.63, 3.8) is 0 Å². The number of alkyl halides is 3. The van der Waals surface area contributed by atoms with Crippen LogP contribution in [0.15, 0.2) is 42.6 Å². The maximum absolute atomic E-state index is 13.7. The van der Waals surface area contributed by atoms with Gasteiger partial charge in [0.2, 0.25) is 0 Å². The highest BCUT2D eigenvalue weighted by atomic mass is 35.5. The van der Waals surface area contributed by atoms with Crippen LogP contribution in [0.4, 0.5) is 13.2 Å². The minimum absolute atomic E-state index is 0.00106. The maximum Gasteiger partial charge on any atom is 0.416 e. The van der Waals surface area contributed by atoms with Crippen LogP contribution in [0.5, 0.6) is 5.75 Å². The highest BCUT2D eigenvalue weighted by Gasteiger charge is 2.43. The molecule has 3 aromatic rings. The van der Waals surface area contributed by atoms with Crippen molar-refractivity contribution in [1.82, 2.24) is 4.57 Å². The van der Waals surface area contributed by atoms with Crippen molar-refractivity contribution < 1.29 is 27.8 Å². The molecule has 0 spiro atoms. The Labute approximate surface area is 200 Å². The Bertz CT molecular complexity index is 1230. The Hall–Kier alpha value is -2.67. The second kappa shape index (κ2) is 8.84. The van der Waals surface area contributed by atoms with Crippen LogP contribution in [-0.2, 0) is 24.1 Å². The molecule has 2 atom stereocenters. The number of carbonyl (C=O) groups is 1. The van der Waals surface area contributed by atoms with Gasteiger partial charge in [-0.2, -0.15) is 13.2 Å². The lowest BCUT2D eigenvalue weighted by Gasteiger charge is -2.19. The Balaban J connectivity index is 1.32. The summed E-state index contributed by atoms with van der Waals surface area (Å²) in [6.07, 6.45) is 1.67. The van der Waals surface area contributed by atoms with Crippen LogP contribution in [0.25, 0.3) is 10.9 Å². The number of aliphatic carboxylic acids is 1. The first-order chi connectivity index (χ1) is 16.2. The van der Waals surface area contributed by atoms with Gasteiger partial charge in [-0.05, 0) is 60.4 Å². The first-order valence-corrected chi connectivity index (χ1v) is 11.9. The minimum atomic E-state index is -4.40. The predicted molar refractivity (Wildman–Crippen MR) is 123 cm³/mol. The molecule has 180 valence electrons. The first kappa shape index (κ1) is 23.1. The summed E-state index contributed by atoms with van der Waals surface area (Å²) < 4.78 is 49.0. The molecular formula is C26H25ClF3NO3. The second-order valence-corrected chi connectivity index (χ2v) is 9.85. The fourth-order valence-electron chi connectivity index (χ4n) is 5.21. The summed E-state index contributed by atoms with van der Waals surface area (Å²) >= 11 is 6.51. The molecule has 0 aliphatic heterocycles. The van der Waals surface area contributed by atoms with E-state index < -0.39 is 17.7 Å². The van der Waals surface area contributed by atoms with E-state index in [1.165, 1.54) is 6.07 Å². The summed E-state index contributed by atoms with van der Waals surface area (Å²) in [5.74, 6) is -0.541. The van der Waals surface area contributed by atoms with Crippen LogP contribution < -0.4 is 4.74 Å². The van der Waals surface area contributed by atoms with E-state index in [1.54, 1.807) is 24.3 Å². The molecule has 2 aliphatic rings. The van der Waals surface area contributed by atoms with Crippen molar-refractivity contribution in [3.8, 4) is 5.75 Å². The second-order valence-electron chi connectivity index (χ2n) is 9.44. The van der Waals surface area contributed by atoms with E-state index in [9.17, 15) is 18.0 Å². The third-order valence-corrected chi connectivity index (χ3v) is 7.37. The van der Waals surface area contributed by atoms with Crippen LogP contribution in [0.2, 0.25) is 5.02 Å². The van der Waals surface area contributed by atoms with E-state index in [0.717, 1.165) is 36.6 Å². The highest BCUT2D eigenvalue weighted by Crippen LogP contribution is 2.43. The van der Waals surface area contributed by atoms with Gasteiger partial charge < -0.3 is 14.4 Å². The lowest BCUT2D eigenvalue weighted by Crippen LogP contribution is -2.12. The largest absolute Gasteiger partial charge is 0.489 e. The Morgan fingerprint density at radius 1 is 1.15 bits per heavy atom. The van der Waals surface area contributed by atoms with E-state index in [4.69, 9.17) is 21.4 Å². The molecule has 2 saturated carbocycles. The zero-order valence-electron chi connectivity index (χ0n) is 18.4. The number of carboxylic acids is 1. The maximum atomic E-state index is 13.7. The van der Waals surface area contributed by atoms with E-state index in [-0.39, 0.29) is 24.4 Å². The normalized spacial score (nSPS) is 20.7. The van der Waals surface area contributed by atoms with Crippen molar-refractivity contribution in [2.24, 2.45) is 11.8 Å². The van der Waals surface area contributed by atoms with Crippen LogP contribution in [0.3, 0.4) is 0 Å². The molecule has 2 aliphatic carbocycles. The number of rotatable bonds is 7. The molecule has 0 amide bonds. The molecule has 5 rings (SSSR count). The Morgan fingerprint density at radius 3 is 2.59 bits per heavy atom. The average molecular weight is 492 g/mol. The van der Waals surface area contributed by atoms with Gasteiger partial charge in [-0.1, -0.05) is 36.6 Å². The SMILES string of the molecule is O=C(O)[C@H]1C[C@@H]1Cn1ccc2cc(OCc3ccc(C4CCCC4)c(C(F)(F)F)c3)cc(Cl)c21. The fourth-order valence-corrected chi connectivity index (χ4v) is 5.53. The van der Waals surface area contributed by atoms with Gasteiger partial charge in [-0.3, -0.25) is 4.79 Å². The van der Waals surface area contributed by atoms with Gasteiger partial charge >= 0.3 is 12.1 Å². The number of aromatic nitrogens is 1. The van der Waals surface area contributed by atoms with Gasteiger partial charge in [-0.15, -0.1) is 0 Å². The summed E-state index contributed by atoms with van der Waals surface area (Å²) in [7, 11) is 0. The number of halogens is 4. The van der Waals surface area contributed by atoms with E-state index in [0.29, 0.717) is 34.9 Å². The quantitative estimate of drug-likeness (QED) is 0.378. The minimum Gasteiger partial charge on any atom is -0.489 e. The number of hydrogen-bond acceptors (Lipinski definition) is 2. The molecule has 2 fully saturated rings. The van der Waals surface area contributed by atoms with E-state index in [2.05, 4.69) is 0 Å². The molecule has 8 heteroatoms. The lowest BCUT2D eigenvalue weighted by molar-refractivity contribution is -0.139. The molecule has 0 radical (unpaired) electrons. The van der Waals surface area contributed by atoms with Crippen LogP contribution in [0.1, 0.15) is 54.7 Å². The van der Waals surface area contributed by atoms with Gasteiger partial charge in [-0.25, -0.2) is 0 Å². The number of hydrogen-bond donors (Lipinski definition) is 1. The number of carboxylic acid groups (broad SMARTS) is 1. The summed E-state index contributed by atoms with van der Waals surface area (Å²) in [5, 5.41) is 10.4. The highest BCUT2D eigenvalue weighted by molar-refractivity contribution is 6.35. The third-order valence-electron chi connectivity index (χ3n) is 7.08. The van der Waals surface area contributed by atoms with Gasteiger partial charge in [0, 0.05) is 24.2 Å². The Morgan fingerprint density at radius 2 is 1.91 bits per heavy atom. The average Bonchev–Trinajstić information content (AvgIpc) is 3.16. The zero-order chi connectivity index (χ0) is 24.0. The number of benzene rings is 2. The molecule has 0 bridgehead atoms. The summed E-state index contributed by atoms with van der Waals surface area (Å²) in [5.41, 5.74) is 1.08. The molecule has 4 nitrogen and oxygen atoms in total. The standard InChI is InChI=1S/C26H25ClF3NO3/c27-23-12-19(10-17-7-8-31(24(17)23)13-18-11-21(18)25(32)33)34-14-15-5-6-20(16-3-1-2-4-16)22(9-15)26(28,29)30/h5-10,12,16,18,21H,1-4,11,13-14H2,(H,32,33)/t18-,21+/m1/s1. The van der Waals surface area contributed by atoms with Crippen molar-refractivity contribution in [2.45, 2.75) is 57.3 Å². The van der Waals surface area contributed by atoms with Crippen molar-refractivity contribution in [3.05, 3.63) is 64.3 Å².